The van der Waals surface area contributed by atoms with Crippen molar-refractivity contribution in [3.05, 3.63) is 29.8 Å². The maximum atomic E-state index is 9.86. The third kappa shape index (κ3) is 6.18. The number of hydrogen-bond acceptors (Lipinski definition) is 2. The zero-order valence-electron chi connectivity index (χ0n) is 15.0. The van der Waals surface area contributed by atoms with Crippen molar-refractivity contribution in [3.8, 4) is 5.75 Å². The van der Waals surface area contributed by atoms with Crippen molar-refractivity contribution in [1.29, 1.82) is 0 Å². The molecule has 2 rings (SSSR count). The molecular weight excluding hydrogens is 284 g/mol. The molecule has 1 saturated carbocycles. The Hall–Kier alpha value is -1.02. The van der Waals surface area contributed by atoms with Crippen LogP contribution in [-0.2, 0) is 0 Å². The molecule has 2 nitrogen and oxygen atoms in total. The van der Waals surface area contributed by atoms with Crippen LogP contribution in [-0.4, -0.2) is 17.8 Å². The van der Waals surface area contributed by atoms with Crippen molar-refractivity contribution >= 4 is 0 Å². The molecule has 0 aliphatic heterocycles. The Kier molecular flexibility index (Phi) is 7.94. The van der Waals surface area contributed by atoms with Crippen LogP contribution in [0.15, 0.2) is 24.3 Å². The normalized spacial score (nSPS) is 24.6. The van der Waals surface area contributed by atoms with Crippen LogP contribution < -0.4 is 4.74 Å². The molecule has 0 bridgehead atoms. The van der Waals surface area contributed by atoms with E-state index in [9.17, 15) is 5.11 Å². The zero-order valence-corrected chi connectivity index (χ0v) is 15.0. The Balaban J connectivity index is 1.68. The highest BCUT2D eigenvalue weighted by molar-refractivity contribution is 5.29. The summed E-state index contributed by atoms with van der Waals surface area (Å²) in [6, 6.07) is 8.65. The summed E-state index contributed by atoms with van der Waals surface area (Å²) in [5.41, 5.74) is 1.40. The Bertz CT molecular complexity index is 426. The molecule has 2 heteroatoms. The molecule has 0 heterocycles. The van der Waals surface area contributed by atoms with Gasteiger partial charge in [-0.2, -0.15) is 0 Å². The maximum absolute atomic E-state index is 9.86. The standard InChI is InChI=1S/C21H34O2/c1-3-4-5-6-7-8-15-23-20-12-9-18(10-13-20)19-11-14-21(22)17(2)16-19/h9-10,12-13,17,19,21-22H,3-8,11,14-16H2,1-2H3. The molecule has 3 atom stereocenters. The Morgan fingerprint density at radius 1 is 1.00 bits per heavy atom. The van der Waals surface area contributed by atoms with Gasteiger partial charge in [0.1, 0.15) is 5.75 Å². The molecular formula is C21H34O2. The van der Waals surface area contributed by atoms with Gasteiger partial charge >= 0.3 is 0 Å². The first-order chi connectivity index (χ1) is 11.2. The summed E-state index contributed by atoms with van der Waals surface area (Å²) < 4.78 is 5.85. The lowest BCUT2D eigenvalue weighted by molar-refractivity contribution is 0.0712. The predicted octanol–water partition coefficient (Wildman–Crippen LogP) is 5.69. The molecule has 3 unspecified atom stereocenters. The van der Waals surface area contributed by atoms with Crippen molar-refractivity contribution in [2.45, 2.75) is 83.7 Å². The Morgan fingerprint density at radius 3 is 2.39 bits per heavy atom. The highest BCUT2D eigenvalue weighted by Crippen LogP contribution is 2.36. The Morgan fingerprint density at radius 2 is 1.70 bits per heavy atom. The van der Waals surface area contributed by atoms with Gasteiger partial charge in [-0.15, -0.1) is 0 Å². The van der Waals surface area contributed by atoms with E-state index in [1.165, 1.54) is 37.7 Å². The average Bonchev–Trinajstić information content (AvgIpc) is 2.57. The van der Waals surface area contributed by atoms with E-state index < -0.39 is 0 Å². The zero-order chi connectivity index (χ0) is 16.5. The number of aliphatic hydroxyl groups excluding tert-OH is 1. The molecule has 0 spiro atoms. The lowest BCUT2D eigenvalue weighted by atomic mass is 9.77. The third-order valence-corrected chi connectivity index (χ3v) is 5.24. The third-order valence-electron chi connectivity index (χ3n) is 5.24. The van der Waals surface area contributed by atoms with Crippen LogP contribution >= 0.6 is 0 Å². The van der Waals surface area contributed by atoms with E-state index in [4.69, 9.17) is 4.74 Å². The number of ether oxygens (including phenoxy) is 1. The molecule has 0 amide bonds. The molecule has 23 heavy (non-hydrogen) atoms. The molecule has 130 valence electrons. The second kappa shape index (κ2) is 9.97. The second-order valence-electron chi connectivity index (χ2n) is 7.24. The summed E-state index contributed by atoms with van der Waals surface area (Å²) in [6.07, 6.45) is 10.8. The summed E-state index contributed by atoms with van der Waals surface area (Å²) in [4.78, 5) is 0. The first kappa shape index (κ1) is 18.3. The largest absolute Gasteiger partial charge is 0.494 e. The smallest absolute Gasteiger partial charge is 0.119 e. The first-order valence-corrected chi connectivity index (χ1v) is 9.61. The fourth-order valence-electron chi connectivity index (χ4n) is 3.59. The van der Waals surface area contributed by atoms with Crippen LogP contribution in [0.5, 0.6) is 5.75 Å². The second-order valence-corrected chi connectivity index (χ2v) is 7.24. The quantitative estimate of drug-likeness (QED) is 0.593. The van der Waals surface area contributed by atoms with E-state index in [1.54, 1.807) is 0 Å². The summed E-state index contributed by atoms with van der Waals surface area (Å²) in [5, 5.41) is 9.86. The number of benzene rings is 1. The van der Waals surface area contributed by atoms with Crippen molar-refractivity contribution in [1.82, 2.24) is 0 Å². The molecule has 0 radical (unpaired) electrons. The topological polar surface area (TPSA) is 29.5 Å². The highest BCUT2D eigenvalue weighted by Gasteiger charge is 2.26. The Labute approximate surface area is 142 Å². The summed E-state index contributed by atoms with van der Waals surface area (Å²) in [6.45, 7) is 5.25. The molecule has 1 aliphatic carbocycles. The van der Waals surface area contributed by atoms with Crippen LogP contribution in [0.2, 0.25) is 0 Å². The lowest BCUT2D eigenvalue weighted by Gasteiger charge is -2.31. The monoisotopic (exact) mass is 318 g/mol. The van der Waals surface area contributed by atoms with Gasteiger partial charge in [0, 0.05) is 0 Å². The molecule has 1 fully saturated rings. The van der Waals surface area contributed by atoms with Crippen molar-refractivity contribution in [3.63, 3.8) is 0 Å². The minimum absolute atomic E-state index is 0.105. The van der Waals surface area contributed by atoms with Crippen LogP contribution in [0.3, 0.4) is 0 Å². The van der Waals surface area contributed by atoms with Crippen LogP contribution in [0.1, 0.15) is 83.1 Å². The summed E-state index contributed by atoms with van der Waals surface area (Å²) >= 11 is 0. The van der Waals surface area contributed by atoms with Gasteiger partial charge in [0.05, 0.1) is 12.7 Å². The van der Waals surface area contributed by atoms with Crippen LogP contribution in [0, 0.1) is 5.92 Å². The van der Waals surface area contributed by atoms with Crippen LogP contribution in [0.25, 0.3) is 0 Å². The van der Waals surface area contributed by atoms with Crippen LogP contribution in [0.4, 0.5) is 0 Å². The van der Waals surface area contributed by atoms with Gasteiger partial charge in [-0.1, -0.05) is 58.1 Å². The average molecular weight is 319 g/mol. The first-order valence-electron chi connectivity index (χ1n) is 9.61. The van der Waals surface area contributed by atoms with Gasteiger partial charge in [0.15, 0.2) is 0 Å². The minimum atomic E-state index is -0.105. The molecule has 1 aliphatic rings. The van der Waals surface area contributed by atoms with Crippen molar-refractivity contribution in [2.24, 2.45) is 5.92 Å². The fraction of sp³-hybridized carbons (Fsp3) is 0.714. The maximum Gasteiger partial charge on any atom is 0.119 e. The number of rotatable bonds is 9. The molecule has 1 aromatic carbocycles. The SMILES string of the molecule is CCCCCCCCOc1ccc(C2CCC(O)C(C)C2)cc1. The van der Waals surface area contributed by atoms with Crippen molar-refractivity contribution in [2.75, 3.05) is 6.61 Å². The van der Waals surface area contributed by atoms with E-state index >= 15 is 0 Å². The molecule has 0 aromatic heterocycles. The predicted molar refractivity (Wildman–Crippen MR) is 97.1 cm³/mol. The molecule has 0 saturated heterocycles. The van der Waals surface area contributed by atoms with E-state index in [2.05, 4.69) is 38.1 Å². The minimum Gasteiger partial charge on any atom is -0.494 e. The summed E-state index contributed by atoms with van der Waals surface area (Å²) in [7, 11) is 0. The van der Waals surface area contributed by atoms with E-state index in [0.29, 0.717) is 11.8 Å². The van der Waals surface area contributed by atoms with Gasteiger partial charge in [-0.25, -0.2) is 0 Å². The number of unbranched alkanes of at least 4 members (excludes halogenated alkanes) is 5. The highest BCUT2D eigenvalue weighted by atomic mass is 16.5. The molecule has 1 aromatic rings. The van der Waals surface area contributed by atoms with Gasteiger partial charge < -0.3 is 9.84 Å². The van der Waals surface area contributed by atoms with E-state index in [1.807, 2.05) is 0 Å². The number of aliphatic hydroxyl groups is 1. The van der Waals surface area contributed by atoms with Gasteiger partial charge in [-0.3, -0.25) is 0 Å². The van der Waals surface area contributed by atoms with Crippen molar-refractivity contribution < 1.29 is 9.84 Å². The summed E-state index contributed by atoms with van der Waals surface area (Å²) in [5.74, 6) is 2.00. The van der Waals surface area contributed by atoms with Gasteiger partial charge in [-0.05, 0) is 55.2 Å². The molecule has 1 N–H and O–H groups in total. The fourth-order valence-corrected chi connectivity index (χ4v) is 3.59. The number of hydrogen-bond donors (Lipinski definition) is 1. The van der Waals surface area contributed by atoms with E-state index in [-0.39, 0.29) is 6.10 Å². The van der Waals surface area contributed by atoms with E-state index in [0.717, 1.165) is 38.0 Å². The lowest BCUT2D eigenvalue weighted by Crippen LogP contribution is -2.25. The van der Waals surface area contributed by atoms with Gasteiger partial charge in [0.25, 0.3) is 0 Å². The van der Waals surface area contributed by atoms with Gasteiger partial charge in [0.2, 0.25) is 0 Å².